The van der Waals surface area contributed by atoms with Gasteiger partial charge in [0.25, 0.3) is 0 Å². The van der Waals surface area contributed by atoms with Gasteiger partial charge in [-0.05, 0) is 6.42 Å². The standard InChI is InChI=1S/C16H30O2S4/c1-3-5-6-7-8-9-10-16(18)20-12-14-22-21-13-11-19-15(17)4-2/h3-14H2,1-2H3. The number of thioether (sulfide) groups is 2. The highest BCUT2D eigenvalue weighted by Gasteiger charge is 2.03. The van der Waals surface area contributed by atoms with Crippen molar-refractivity contribution in [1.29, 1.82) is 0 Å². The van der Waals surface area contributed by atoms with E-state index in [-0.39, 0.29) is 5.12 Å². The second-order valence-corrected chi connectivity index (χ2v) is 9.96. The van der Waals surface area contributed by atoms with Crippen molar-refractivity contribution < 1.29 is 9.59 Å². The Morgan fingerprint density at radius 2 is 1.23 bits per heavy atom. The number of rotatable bonds is 15. The molecule has 0 N–H and O–H groups in total. The quantitative estimate of drug-likeness (QED) is 0.253. The summed E-state index contributed by atoms with van der Waals surface area (Å²) in [4.78, 5) is 22.8. The molecule has 130 valence electrons. The lowest BCUT2D eigenvalue weighted by Gasteiger charge is -2.02. The van der Waals surface area contributed by atoms with E-state index in [2.05, 4.69) is 6.92 Å². The van der Waals surface area contributed by atoms with Crippen LogP contribution in [0.4, 0.5) is 0 Å². The molecule has 0 aliphatic rings. The highest BCUT2D eigenvalue weighted by atomic mass is 33.1. The largest absolute Gasteiger partial charge is 0.287 e. The Morgan fingerprint density at radius 3 is 1.82 bits per heavy atom. The average Bonchev–Trinajstić information content (AvgIpc) is 2.52. The zero-order chi connectivity index (χ0) is 16.5. The molecule has 0 aromatic heterocycles. The molecule has 0 heterocycles. The maximum Gasteiger partial charge on any atom is 0.188 e. The van der Waals surface area contributed by atoms with Crippen LogP contribution in [0.25, 0.3) is 0 Å². The molecule has 6 heteroatoms. The monoisotopic (exact) mass is 382 g/mol. The fraction of sp³-hybridized carbons (Fsp3) is 0.875. The van der Waals surface area contributed by atoms with Gasteiger partial charge in [-0.1, -0.05) is 91.1 Å². The fourth-order valence-electron chi connectivity index (χ4n) is 1.72. The van der Waals surface area contributed by atoms with Crippen LogP contribution in [0.3, 0.4) is 0 Å². The van der Waals surface area contributed by atoms with E-state index < -0.39 is 0 Å². The third kappa shape index (κ3) is 17.1. The molecule has 0 bridgehead atoms. The van der Waals surface area contributed by atoms with Gasteiger partial charge in [0.2, 0.25) is 0 Å². The normalized spacial score (nSPS) is 10.8. The molecule has 0 amide bonds. The number of carbonyl (C=O) groups excluding carboxylic acids is 2. The fourth-order valence-corrected chi connectivity index (χ4v) is 6.05. The van der Waals surface area contributed by atoms with Crippen molar-refractivity contribution in [3.8, 4) is 0 Å². The molecule has 0 atom stereocenters. The molecule has 0 aromatic carbocycles. The predicted octanol–water partition coefficient (Wildman–Crippen LogP) is 6.05. The van der Waals surface area contributed by atoms with Crippen molar-refractivity contribution in [2.75, 3.05) is 23.0 Å². The van der Waals surface area contributed by atoms with Crippen LogP contribution in [-0.4, -0.2) is 33.2 Å². The Hall–Kier alpha value is 0.740. The Kier molecular flexibility index (Phi) is 18.7. The summed E-state index contributed by atoms with van der Waals surface area (Å²) in [6.07, 6.45) is 8.81. The summed E-state index contributed by atoms with van der Waals surface area (Å²) >= 11 is 2.91. The van der Waals surface area contributed by atoms with E-state index in [0.29, 0.717) is 11.5 Å². The van der Waals surface area contributed by atoms with E-state index in [9.17, 15) is 9.59 Å². The molecule has 0 aromatic rings. The molecular formula is C16H30O2S4. The molecule has 22 heavy (non-hydrogen) atoms. The van der Waals surface area contributed by atoms with E-state index in [0.717, 1.165) is 35.9 Å². The van der Waals surface area contributed by atoms with Crippen LogP contribution >= 0.6 is 45.1 Å². The summed E-state index contributed by atoms with van der Waals surface area (Å²) in [5.41, 5.74) is 0. The molecule has 0 aliphatic carbocycles. The summed E-state index contributed by atoms with van der Waals surface area (Å²) in [6.45, 7) is 4.12. The molecule has 0 saturated carbocycles. The maximum absolute atomic E-state index is 11.7. The van der Waals surface area contributed by atoms with Crippen molar-refractivity contribution >= 4 is 55.3 Å². The van der Waals surface area contributed by atoms with Crippen LogP contribution < -0.4 is 0 Å². The molecule has 0 fully saturated rings. The molecule has 2 nitrogen and oxygen atoms in total. The van der Waals surface area contributed by atoms with E-state index >= 15 is 0 Å². The third-order valence-electron chi connectivity index (χ3n) is 2.97. The zero-order valence-electron chi connectivity index (χ0n) is 13.9. The third-order valence-corrected chi connectivity index (χ3v) is 7.84. The molecule has 0 radical (unpaired) electrons. The van der Waals surface area contributed by atoms with Gasteiger partial charge in [-0.3, -0.25) is 9.59 Å². The highest BCUT2D eigenvalue weighted by molar-refractivity contribution is 8.76. The van der Waals surface area contributed by atoms with Gasteiger partial charge in [0.1, 0.15) is 0 Å². The minimum atomic E-state index is 0.279. The van der Waals surface area contributed by atoms with Crippen molar-refractivity contribution in [2.24, 2.45) is 0 Å². The summed E-state index contributed by atoms with van der Waals surface area (Å²) in [5, 5.41) is 0.631. The van der Waals surface area contributed by atoms with Gasteiger partial charge < -0.3 is 0 Å². The molecule has 0 aliphatic heterocycles. The van der Waals surface area contributed by atoms with Crippen molar-refractivity contribution in [1.82, 2.24) is 0 Å². The number of unbranched alkanes of at least 4 members (excludes halogenated alkanes) is 5. The Morgan fingerprint density at radius 1 is 0.682 bits per heavy atom. The van der Waals surface area contributed by atoms with E-state index in [4.69, 9.17) is 0 Å². The van der Waals surface area contributed by atoms with Gasteiger partial charge >= 0.3 is 0 Å². The Labute approximate surface area is 152 Å². The van der Waals surface area contributed by atoms with Crippen molar-refractivity contribution in [3.05, 3.63) is 0 Å². The predicted molar refractivity (Wildman–Crippen MR) is 108 cm³/mol. The first kappa shape index (κ1) is 22.7. The second-order valence-electron chi connectivity index (χ2n) is 4.96. The molecular weight excluding hydrogens is 352 g/mol. The van der Waals surface area contributed by atoms with Crippen LogP contribution in [0.2, 0.25) is 0 Å². The van der Waals surface area contributed by atoms with Gasteiger partial charge in [0.15, 0.2) is 10.2 Å². The van der Waals surface area contributed by atoms with Gasteiger partial charge in [0, 0.05) is 35.9 Å². The minimum Gasteiger partial charge on any atom is -0.287 e. The van der Waals surface area contributed by atoms with Crippen LogP contribution in [0.1, 0.15) is 65.2 Å². The minimum absolute atomic E-state index is 0.279. The lowest BCUT2D eigenvalue weighted by molar-refractivity contribution is -0.111. The van der Waals surface area contributed by atoms with E-state index in [1.54, 1.807) is 10.8 Å². The van der Waals surface area contributed by atoms with Gasteiger partial charge in [-0.2, -0.15) is 0 Å². The van der Waals surface area contributed by atoms with Crippen LogP contribution in [0.5, 0.6) is 0 Å². The maximum atomic E-state index is 11.7. The first-order valence-electron chi connectivity index (χ1n) is 8.26. The summed E-state index contributed by atoms with van der Waals surface area (Å²) < 4.78 is 0. The zero-order valence-corrected chi connectivity index (χ0v) is 17.2. The summed E-state index contributed by atoms with van der Waals surface area (Å²) in [7, 11) is 3.62. The van der Waals surface area contributed by atoms with Crippen LogP contribution in [-0.2, 0) is 9.59 Å². The lowest BCUT2D eigenvalue weighted by atomic mass is 10.1. The summed E-state index contributed by atoms with van der Waals surface area (Å²) in [5.74, 6) is 3.81. The highest BCUT2D eigenvalue weighted by Crippen LogP contribution is 2.24. The molecule has 0 spiro atoms. The Bertz CT molecular complexity index is 285. The molecule has 0 rings (SSSR count). The van der Waals surface area contributed by atoms with Gasteiger partial charge in [-0.25, -0.2) is 0 Å². The lowest BCUT2D eigenvalue weighted by Crippen LogP contribution is -1.95. The van der Waals surface area contributed by atoms with Crippen molar-refractivity contribution in [2.45, 2.75) is 65.2 Å². The first-order valence-corrected chi connectivity index (χ1v) is 12.7. The average molecular weight is 383 g/mol. The number of carbonyl (C=O) groups is 2. The van der Waals surface area contributed by atoms with Gasteiger partial charge in [-0.15, -0.1) is 0 Å². The Balaban J connectivity index is 3.20. The van der Waals surface area contributed by atoms with E-state index in [1.807, 2.05) is 17.7 Å². The SMILES string of the molecule is CCCCCCCCC(=O)SCCSSCCSC(=O)CC. The van der Waals surface area contributed by atoms with Crippen LogP contribution in [0.15, 0.2) is 0 Å². The molecule has 0 saturated heterocycles. The number of hydrogen-bond donors (Lipinski definition) is 0. The van der Waals surface area contributed by atoms with Crippen LogP contribution in [0, 0.1) is 0 Å². The smallest absolute Gasteiger partial charge is 0.188 e. The van der Waals surface area contributed by atoms with E-state index in [1.165, 1.54) is 55.6 Å². The van der Waals surface area contributed by atoms with Gasteiger partial charge in [0.05, 0.1) is 0 Å². The van der Waals surface area contributed by atoms with Crippen molar-refractivity contribution in [3.63, 3.8) is 0 Å². The number of hydrogen-bond acceptors (Lipinski definition) is 6. The topological polar surface area (TPSA) is 34.1 Å². The second kappa shape index (κ2) is 18.1. The molecule has 0 unspecified atom stereocenters. The summed E-state index contributed by atoms with van der Waals surface area (Å²) in [6, 6.07) is 0. The first-order chi connectivity index (χ1) is 10.7.